The molecule has 0 fully saturated rings. The molecule has 438 valence electrons. The van der Waals surface area contributed by atoms with Gasteiger partial charge in [-0.1, -0.05) is 36.8 Å². The molecule has 10 N–H and O–H groups in total. The molecule has 0 radical (unpaired) electrons. The van der Waals surface area contributed by atoms with Crippen molar-refractivity contribution in [3.63, 3.8) is 0 Å². The number of ketones is 2. The highest BCUT2D eigenvalue weighted by atomic mass is 32.2. The number of rotatable bonds is 44. The van der Waals surface area contributed by atoms with Gasteiger partial charge in [0.2, 0.25) is 39.6 Å². The first-order valence-corrected chi connectivity index (χ1v) is 27.4. The summed E-state index contributed by atoms with van der Waals surface area (Å²) in [4.78, 5) is 117. The lowest BCUT2D eigenvalue weighted by Crippen LogP contribution is -2.45. The highest BCUT2D eigenvalue weighted by Gasteiger charge is 2.24. The second-order valence-corrected chi connectivity index (χ2v) is 19.5. The molecule has 29 heteroatoms. The average Bonchev–Trinajstić information content (AvgIpc) is 3.91. The number of Topliss-reactive ketones (excluding diaryl/α,β-unsaturated/α-hetero) is 2. The van der Waals surface area contributed by atoms with E-state index in [0.717, 1.165) is 5.56 Å². The van der Waals surface area contributed by atoms with Crippen molar-refractivity contribution >= 4 is 69.0 Å². The molecular formula is C49H78N10O18S. The molecule has 3 atom stereocenters. The van der Waals surface area contributed by atoms with Gasteiger partial charge in [-0.3, -0.25) is 47.9 Å². The molecule has 78 heavy (non-hydrogen) atoms. The summed E-state index contributed by atoms with van der Waals surface area (Å²) in [6.45, 7) is 6.65. The Balaban J connectivity index is 0.000000818. The summed E-state index contributed by atoms with van der Waals surface area (Å²) in [7, 11) is -3.89. The van der Waals surface area contributed by atoms with Crippen LogP contribution in [0.25, 0.3) is 0 Å². The van der Waals surface area contributed by atoms with Gasteiger partial charge >= 0.3 is 11.9 Å². The van der Waals surface area contributed by atoms with E-state index in [1.807, 2.05) is 30.7 Å². The van der Waals surface area contributed by atoms with Crippen molar-refractivity contribution in [2.45, 2.75) is 129 Å². The molecule has 2 rings (SSSR count). The number of aliphatic carboxylic acids is 2. The van der Waals surface area contributed by atoms with E-state index < -0.39 is 81.0 Å². The second kappa shape index (κ2) is 41.3. The zero-order valence-corrected chi connectivity index (χ0v) is 45.5. The van der Waals surface area contributed by atoms with E-state index in [9.17, 15) is 61.5 Å². The number of hydrogen-bond acceptors (Lipinski definition) is 19. The topological polar surface area (TPSA) is 423 Å². The quantitative estimate of drug-likeness (QED) is 0.0394. The molecule has 1 aromatic carbocycles. The van der Waals surface area contributed by atoms with Crippen molar-refractivity contribution < 1.29 is 85.5 Å². The van der Waals surface area contributed by atoms with Crippen LogP contribution in [-0.4, -0.2) is 182 Å². The van der Waals surface area contributed by atoms with E-state index in [2.05, 4.69) is 41.9 Å². The summed E-state index contributed by atoms with van der Waals surface area (Å²) >= 11 is 0. The van der Waals surface area contributed by atoms with Crippen LogP contribution >= 0.6 is 0 Å². The third-order valence-corrected chi connectivity index (χ3v) is 12.4. The highest BCUT2D eigenvalue weighted by molar-refractivity contribution is 7.90. The van der Waals surface area contributed by atoms with Crippen LogP contribution in [-0.2, 0) is 78.5 Å². The van der Waals surface area contributed by atoms with Gasteiger partial charge < -0.3 is 56.2 Å². The number of ether oxygens (including phenoxy) is 4. The van der Waals surface area contributed by atoms with E-state index in [0.29, 0.717) is 82.5 Å². The number of sulfonamides is 1. The summed E-state index contributed by atoms with van der Waals surface area (Å²) in [6, 6.07) is 5.44. The first-order valence-electron chi connectivity index (χ1n) is 25.7. The minimum Gasteiger partial charge on any atom is -0.481 e. The summed E-state index contributed by atoms with van der Waals surface area (Å²) in [5.74, 6) is -6.74. The summed E-state index contributed by atoms with van der Waals surface area (Å²) < 4.78 is 47.0. The van der Waals surface area contributed by atoms with Gasteiger partial charge in [-0.25, -0.2) is 13.2 Å². The standard InChI is InChI=1S/C25H41N7O12S.C24H37N3O6/c1-2-19(25(39)40)27-22(35)9-8-17(24(37)38)15-18(33)16-44-13-12-43-11-10-26-21(34)7-4-14-45(41,42)30-23(36)6-3-5-20-28-31-32-29-20;1-3-20(28)7-6-14-32-15-16-33-17-22(29)27-21(23(25)30)8-4-5-13-26-24(31)19-11-9-18(2)10-12-19/h17,19H,2-16H2,1H3,(H,26,34)(H,27,35)(H,30,36)(H,37,38)(H,39,40)(H,28,29,31,32);9-12,21H,3-8,13-17H2,1-2H3,(H2,25,30)(H,26,31)(H,27,29). The Hall–Kier alpha value is -6.82. The number of aromatic amines is 1. The lowest BCUT2D eigenvalue weighted by atomic mass is 9.97. The van der Waals surface area contributed by atoms with Crippen LogP contribution in [0.4, 0.5) is 0 Å². The first kappa shape index (κ1) is 69.2. The van der Waals surface area contributed by atoms with Gasteiger partial charge in [-0.15, -0.1) is 10.2 Å². The molecule has 2 aromatic rings. The van der Waals surface area contributed by atoms with Gasteiger partial charge in [0.15, 0.2) is 11.6 Å². The summed E-state index contributed by atoms with van der Waals surface area (Å²) in [6.07, 6.45) is 3.34. The van der Waals surface area contributed by atoms with Crippen LogP contribution in [0.2, 0.25) is 0 Å². The number of aromatic nitrogens is 4. The van der Waals surface area contributed by atoms with Crippen molar-refractivity contribution in [3.8, 4) is 0 Å². The Morgan fingerprint density at radius 3 is 1.94 bits per heavy atom. The Kier molecular flexibility index (Phi) is 36.6. The number of unbranched alkanes of at least 4 members (excludes halogenated alkanes) is 1. The average molecular weight is 1130 g/mol. The molecule has 0 spiro atoms. The molecule has 1 heterocycles. The number of carboxylic acid groups (broad SMARTS) is 2. The van der Waals surface area contributed by atoms with Crippen LogP contribution in [0.5, 0.6) is 0 Å². The number of carboxylic acids is 2. The van der Waals surface area contributed by atoms with Gasteiger partial charge in [0.25, 0.3) is 5.91 Å². The van der Waals surface area contributed by atoms with Gasteiger partial charge in [0.05, 0.1) is 44.7 Å². The SMILES string of the molecule is CCC(=O)CCCOCCOCC(=O)NC(CCCCNC(=O)c1ccc(C)cc1)C(N)=O.CCC(NC(=O)CCC(CC(=O)COCCOCCNC(=O)CCCS(=O)(=O)NC(=O)CCCc1nn[nH]n1)C(=O)O)C(=O)O. The number of hydrogen-bond donors (Lipinski definition) is 9. The maximum absolute atomic E-state index is 12.1. The predicted molar refractivity (Wildman–Crippen MR) is 277 cm³/mol. The van der Waals surface area contributed by atoms with E-state index in [-0.39, 0.29) is 103 Å². The minimum atomic E-state index is -3.89. The van der Waals surface area contributed by atoms with Crippen molar-refractivity contribution in [1.29, 1.82) is 0 Å². The Bertz CT molecular complexity index is 2270. The van der Waals surface area contributed by atoms with Crippen LogP contribution in [0.1, 0.15) is 125 Å². The Morgan fingerprint density at radius 1 is 0.654 bits per heavy atom. The molecule has 0 bridgehead atoms. The third-order valence-electron chi connectivity index (χ3n) is 11.0. The van der Waals surface area contributed by atoms with Gasteiger partial charge in [0, 0.05) is 70.2 Å². The van der Waals surface area contributed by atoms with Crippen molar-refractivity contribution in [3.05, 3.63) is 41.2 Å². The number of benzene rings is 1. The number of H-pyrrole nitrogens is 1. The number of nitrogens with two attached hydrogens (primary N) is 1. The molecule has 28 nitrogen and oxygen atoms in total. The maximum Gasteiger partial charge on any atom is 0.326 e. The minimum absolute atomic E-state index is 0.00000913. The number of tetrazole rings is 1. The highest BCUT2D eigenvalue weighted by Crippen LogP contribution is 2.13. The molecular weight excluding hydrogens is 1050 g/mol. The van der Waals surface area contributed by atoms with Crippen LogP contribution in [0.3, 0.4) is 0 Å². The van der Waals surface area contributed by atoms with Crippen molar-refractivity contribution in [1.82, 2.24) is 46.6 Å². The van der Waals surface area contributed by atoms with Crippen molar-refractivity contribution in [2.24, 2.45) is 11.7 Å². The molecule has 0 aliphatic heterocycles. The molecule has 0 saturated heterocycles. The molecule has 6 amide bonds. The zero-order chi connectivity index (χ0) is 58.1. The molecule has 3 unspecified atom stereocenters. The fraction of sp³-hybridized carbons (Fsp3) is 0.653. The molecule has 0 aliphatic carbocycles. The van der Waals surface area contributed by atoms with Gasteiger partial charge in [0.1, 0.15) is 31.1 Å². The number of nitrogens with one attached hydrogen (secondary N) is 6. The molecule has 0 saturated carbocycles. The van der Waals surface area contributed by atoms with Crippen LogP contribution < -0.4 is 31.7 Å². The van der Waals surface area contributed by atoms with E-state index in [1.165, 1.54) is 0 Å². The Labute approximate surface area is 453 Å². The fourth-order valence-corrected chi connectivity index (χ4v) is 7.72. The zero-order valence-electron chi connectivity index (χ0n) is 44.7. The number of primary amides is 1. The fourth-order valence-electron chi connectivity index (χ4n) is 6.64. The van der Waals surface area contributed by atoms with Gasteiger partial charge in [-0.2, -0.15) is 5.21 Å². The third kappa shape index (κ3) is 35.5. The maximum atomic E-state index is 12.1. The normalized spacial score (nSPS) is 12.1. The molecule has 1 aromatic heterocycles. The molecule has 0 aliphatic rings. The number of carbonyl (C=O) groups excluding carboxylic acids is 8. The summed E-state index contributed by atoms with van der Waals surface area (Å²) in [5, 5.41) is 41.7. The number of nitrogens with zero attached hydrogens (tertiary/aromatic N) is 3. The van der Waals surface area contributed by atoms with Gasteiger partial charge in [-0.05, 0) is 70.4 Å². The van der Waals surface area contributed by atoms with E-state index in [4.69, 9.17) is 29.8 Å². The monoisotopic (exact) mass is 1130 g/mol. The lowest BCUT2D eigenvalue weighted by molar-refractivity contribution is -0.145. The van der Waals surface area contributed by atoms with E-state index in [1.54, 1.807) is 19.1 Å². The largest absolute Gasteiger partial charge is 0.481 e. The first-order chi connectivity index (χ1) is 37.2. The smallest absolute Gasteiger partial charge is 0.326 e. The lowest BCUT2D eigenvalue weighted by Gasteiger charge is -2.15. The van der Waals surface area contributed by atoms with Crippen molar-refractivity contribution in [2.75, 3.05) is 71.7 Å². The number of amides is 6. The van der Waals surface area contributed by atoms with E-state index >= 15 is 0 Å². The number of carbonyl (C=O) groups is 10. The number of aryl methyl sites for hydroxylation is 2. The van der Waals surface area contributed by atoms with Crippen LogP contribution in [0, 0.1) is 12.8 Å². The summed E-state index contributed by atoms with van der Waals surface area (Å²) in [5.41, 5.74) is 7.06. The second-order valence-electron chi connectivity index (χ2n) is 17.6. The van der Waals surface area contributed by atoms with Crippen LogP contribution in [0.15, 0.2) is 24.3 Å². The Morgan fingerprint density at radius 2 is 1.31 bits per heavy atom. The predicted octanol–water partition coefficient (Wildman–Crippen LogP) is -0.0247.